The average Bonchev–Trinajstić information content (AvgIpc) is 2.47. The van der Waals surface area contributed by atoms with E-state index in [1.807, 2.05) is 0 Å². The van der Waals surface area contributed by atoms with Crippen molar-refractivity contribution in [1.29, 1.82) is 0 Å². The van der Waals surface area contributed by atoms with Crippen LogP contribution in [0.5, 0.6) is 0 Å². The van der Waals surface area contributed by atoms with Crippen LogP contribution in [0.2, 0.25) is 0 Å². The van der Waals surface area contributed by atoms with Crippen molar-refractivity contribution in [3.63, 3.8) is 0 Å². The van der Waals surface area contributed by atoms with Crippen LogP contribution in [0.3, 0.4) is 0 Å². The Balaban J connectivity index is 2.13. The predicted octanol–water partition coefficient (Wildman–Crippen LogP) is 2.46. The number of pyridine rings is 1. The lowest BCUT2D eigenvalue weighted by atomic mass is 10.2. The molecule has 0 saturated carbocycles. The summed E-state index contributed by atoms with van der Waals surface area (Å²) in [6, 6.07) is 10.1. The van der Waals surface area contributed by atoms with E-state index in [-0.39, 0.29) is 11.8 Å². The maximum absolute atomic E-state index is 12.0. The fourth-order valence-electron chi connectivity index (χ4n) is 1.59. The van der Waals surface area contributed by atoms with Crippen molar-refractivity contribution in [2.45, 2.75) is 0 Å². The molecule has 1 aromatic heterocycles. The number of nitrogens with zero attached hydrogens (tertiary/aromatic N) is 1. The zero-order valence-electron chi connectivity index (χ0n) is 10.7. The molecule has 5 nitrogen and oxygen atoms in total. The Bertz CT molecular complexity index is 641. The Morgan fingerprint density at radius 2 is 1.80 bits per heavy atom. The van der Waals surface area contributed by atoms with Gasteiger partial charge >= 0.3 is 0 Å². The van der Waals surface area contributed by atoms with E-state index in [9.17, 15) is 9.59 Å². The zero-order valence-corrected chi connectivity index (χ0v) is 12.3. The minimum Gasteiger partial charge on any atom is -0.355 e. The molecule has 0 aliphatic carbocycles. The number of halogens is 1. The van der Waals surface area contributed by atoms with Crippen LogP contribution in [0.1, 0.15) is 20.8 Å². The number of amides is 2. The second-order valence-electron chi connectivity index (χ2n) is 3.94. The summed E-state index contributed by atoms with van der Waals surface area (Å²) < 4.78 is 0.625. The van der Waals surface area contributed by atoms with Crippen LogP contribution in [0.15, 0.2) is 47.1 Å². The van der Waals surface area contributed by atoms with E-state index in [1.165, 1.54) is 0 Å². The lowest BCUT2D eigenvalue weighted by Crippen LogP contribution is -2.18. The Morgan fingerprint density at radius 3 is 2.40 bits per heavy atom. The minimum absolute atomic E-state index is 0.171. The third kappa shape index (κ3) is 3.21. The van der Waals surface area contributed by atoms with Gasteiger partial charge in [0.25, 0.3) is 11.8 Å². The molecule has 0 unspecified atom stereocenters. The van der Waals surface area contributed by atoms with Crippen LogP contribution in [0.4, 0.5) is 5.69 Å². The molecule has 0 spiro atoms. The molecule has 2 rings (SSSR count). The maximum atomic E-state index is 12.0. The summed E-state index contributed by atoms with van der Waals surface area (Å²) in [7, 11) is 1.57. The topological polar surface area (TPSA) is 71.1 Å². The highest BCUT2D eigenvalue weighted by molar-refractivity contribution is 9.10. The Morgan fingerprint density at radius 1 is 1.10 bits per heavy atom. The summed E-state index contributed by atoms with van der Waals surface area (Å²) in [5.74, 6) is -0.486. The van der Waals surface area contributed by atoms with Crippen molar-refractivity contribution in [1.82, 2.24) is 10.3 Å². The van der Waals surface area contributed by atoms with Crippen molar-refractivity contribution in [3.8, 4) is 0 Å². The highest BCUT2D eigenvalue weighted by Crippen LogP contribution is 2.16. The number of benzene rings is 1. The fraction of sp³-hybridized carbons (Fsp3) is 0.0714. The van der Waals surface area contributed by atoms with E-state index < -0.39 is 0 Å². The summed E-state index contributed by atoms with van der Waals surface area (Å²) >= 11 is 3.27. The van der Waals surface area contributed by atoms with Gasteiger partial charge in [0.1, 0.15) is 5.69 Å². The molecule has 102 valence electrons. The number of anilines is 1. The summed E-state index contributed by atoms with van der Waals surface area (Å²) in [6.45, 7) is 0. The smallest absolute Gasteiger partial charge is 0.275 e. The number of carbonyl (C=O) groups excluding carboxylic acids is 2. The Hall–Kier alpha value is -2.21. The van der Waals surface area contributed by atoms with Gasteiger partial charge in [-0.15, -0.1) is 0 Å². The van der Waals surface area contributed by atoms with Crippen molar-refractivity contribution < 1.29 is 9.59 Å². The first-order valence-electron chi connectivity index (χ1n) is 5.86. The molecule has 2 aromatic rings. The number of aromatic nitrogens is 1. The molecule has 0 radical (unpaired) electrons. The second kappa shape index (κ2) is 6.29. The first-order chi connectivity index (χ1) is 9.61. The van der Waals surface area contributed by atoms with Gasteiger partial charge in [0.15, 0.2) is 0 Å². The van der Waals surface area contributed by atoms with Crippen LogP contribution >= 0.6 is 15.9 Å². The molecule has 2 N–H and O–H groups in total. The monoisotopic (exact) mass is 333 g/mol. The summed E-state index contributed by atoms with van der Waals surface area (Å²) in [5, 5.41) is 5.25. The van der Waals surface area contributed by atoms with Crippen LogP contribution in [0, 0.1) is 0 Å². The van der Waals surface area contributed by atoms with Crippen LogP contribution in [0.25, 0.3) is 0 Å². The number of nitrogens with one attached hydrogen (secondary N) is 2. The van der Waals surface area contributed by atoms with Crippen LogP contribution in [-0.2, 0) is 0 Å². The van der Waals surface area contributed by atoms with Gasteiger partial charge in [-0.05, 0) is 52.3 Å². The SMILES string of the molecule is CNC(=O)c1ccc(NC(=O)c2ncccc2Br)cc1. The molecule has 0 saturated heterocycles. The normalized spacial score (nSPS) is 9.90. The van der Waals surface area contributed by atoms with E-state index in [1.54, 1.807) is 49.6 Å². The number of hydrogen-bond acceptors (Lipinski definition) is 3. The van der Waals surface area contributed by atoms with Gasteiger partial charge in [-0.2, -0.15) is 0 Å². The molecule has 20 heavy (non-hydrogen) atoms. The largest absolute Gasteiger partial charge is 0.355 e. The first kappa shape index (κ1) is 14.2. The molecule has 0 aliphatic rings. The molecule has 1 heterocycles. The summed E-state index contributed by atoms with van der Waals surface area (Å²) in [5.41, 5.74) is 1.44. The minimum atomic E-state index is -0.315. The third-order valence-corrected chi connectivity index (χ3v) is 3.25. The molecule has 0 bridgehead atoms. The van der Waals surface area contributed by atoms with Crippen molar-refractivity contribution in [3.05, 3.63) is 58.3 Å². The third-order valence-electron chi connectivity index (χ3n) is 2.61. The van der Waals surface area contributed by atoms with Crippen LogP contribution in [-0.4, -0.2) is 23.8 Å². The second-order valence-corrected chi connectivity index (χ2v) is 4.80. The van der Waals surface area contributed by atoms with Crippen molar-refractivity contribution >= 4 is 33.4 Å². The number of hydrogen-bond donors (Lipinski definition) is 2. The van der Waals surface area contributed by atoms with Gasteiger partial charge in [0, 0.05) is 29.0 Å². The number of rotatable bonds is 3. The quantitative estimate of drug-likeness (QED) is 0.906. The van der Waals surface area contributed by atoms with Gasteiger partial charge in [0.05, 0.1) is 0 Å². The van der Waals surface area contributed by atoms with E-state index >= 15 is 0 Å². The van der Waals surface area contributed by atoms with Gasteiger partial charge in [-0.1, -0.05) is 0 Å². The molecule has 6 heteroatoms. The zero-order chi connectivity index (χ0) is 14.5. The van der Waals surface area contributed by atoms with E-state index in [4.69, 9.17) is 0 Å². The fourth-order valence-corrected chi connectivity index (χ4v) is 2.03. The summed E-state index contributed by atoms with van der Waals surface area (Å²) in [4.78, 5) is 27.4. The standard InChI is InChI=1S/C14H12BrN3O2/c1-16-13(19)9-4-6-10(7-5-9)18-14(20)12-11(15)3-2-8-17-12/h2-8H,1H3,(H,16,19)(H,18,20). The van der Waals surface area contributed by atoms with E-state index in [2.05, 4.69) is 31.5 Å². The molecule has 0 fully saturated rings. The summed E-state index contributed by atoms with van der Waals surface area (Å²) in [6.07, 6.45) is 1.55. The molecule has 1 aromatic carbocycles. The van der Waals surface area contributed by atoms with Crippen LogP contribution < -0.4 is 10.6 Å². The van der Waals surface area contributed by atoms with Gasteiger partial charge in [0.2, 0.25) is 0 Å². The molecule has 0 atom stereocenters. The van der Waals surface area contributed by atoms with E-state index in [0.29, 0.717) is 21.4 Å². The molecule has 2 amide bonds. The Kier molecular flexibility index (Phi) is 4.47. The predicted molar refractivity (Wildman–Crippen MR) is 79.7 cm³/mol. The maximum Gasteiger partial charge on any atom is 0.275 e. The van der Waals surface area contributed by atoms with Crippen molar-refractivity contribution in [2.24, 2.45) is 0 Å². The van der Waals surface area contributed by atoms with Gasteiger partial charge in [-0.3, -0.25) is 9.59 Å². The highest BCUT2D eigenvalue weighted by atomic mass is 79.9. The Labute approximate surface area is 124 Å². The lowest BCUT2D eigenvalue weighted by molar-refractivity contribution is 0.0962. The van der Waals surface area contributed by atoms with Gasteiger partial charge in [-0.25, -0.2) is 4.98 Å². The molecule has 0 aliphatic heterocycles. The number of carbonyl (C=O) groups is 2. The molecular formula is C14H12BrN3O2. The van der Waals surface area contributed by atoms with Crippen molar-refractivity contribution in [2.75, 3.05) is 12.4 Å². The lowest BCUT2D eigenvalue weighted by Gasteiger charge is -2.06. The average molecular weight is 334 g/mol. The van der Waals surface area contributed by atoms with E-state index in [0.717, 1.165) is 0 Å². The van der Waals surface area contributed by atoms with Gasteiger partial charge < -0.3 is 10.6 Å². The molecular weight excluding hydrogens is 322 g/mol. The highest BCUT2D eigenvalue weighted by Gasteiger charge is 2.11. The first-order valence-corrected chi connectivity index (χ1v) is 6.65.